The molecule has 156 valence electrons. The van der Waals surface area contributed by atoms with Gasteiger partial charge in [0.2, 0.25) is 10.0 Å². The molecule has 1 aromatic heterocycles. The predicted octanol–water partition coefficient (Wildman–Crippen LogP) is 0.754. The maximum atomic E-state index is 13.0. The second-order valence-corrected chi connectivity index (χ2v) is 9.60. The summed E-state index contributed by atoms with van der Waals surface area (Å²) in [6, 6.07) is 5.74. The Hall–Kier alpha value is -2.30. The lowest BCUT2D eigenvalue weighted by atomic mass is 9.99. The number of hydrogen-bond donors (Lipinski definition) is 0. The maximum Gasteiger partial charge on any atom is 0.276 e. The number of sulfonamides is 1. The molecule has 0 spiro atoms. The second kappa shape index (κ2) is 7.51. The number of aromatic nitrogens is 3. The summed E-state index contributed by atoms with van der Waals surface area (Å²) < 4.78 is 32.4. The minimum atomic E-state index is -3.24. The van der Waals surface area contributed by atoms with Crippen LogP contribution in [0.25, 0.3) is 5.69 Å². The van der Waals surface area contributed by atoms with E-state index in [2.05, 4.69) is 10.3 Å². The van der Waals surface area contributed by atoms with Gasteiger partial charge in [0.05, 0.1) is 36.9 Å². The molecule has 29 heavy (non-hydrogen) atoms. The van der Waals surface area contributed by atoms with E-state index in [-0.39, 0.29) is 11.9 Å². The molecule has 2 aromatic rings. The van der Waals surface area contributed by atoms with Crippen molar-refractivity contribution in [2.24, 2.45) is 0 Å². The van der Waals surface area contributed by atoms with Crippen LogP contribution in [0.3, 0.4) is 0 Å². The molecule has 10 heteroatoms. The van der Waals surface area contributed by atoms with Crippen LogP contribution in [0.2, 0.25) is 0 Å². The molecular formula is C19H25N5O4S. The van der Waals surface area contributed by atoms with Crippen molar-refractivity contribution in [1.29, 1.82) is 0 Å². The van der Waals surface area contributed by atoms with Crippen LogP contribution in [0.1, 0.15) is 34.2 Å². The molecule has 0 bridgehead atoms. The van der Waals surface area contributed by atoms with Crippen LogP contribution in [0.5, 0.6) is 0 Å². The summed E-state index contributed by atoms with van der Waals surface area (Å²) >= 11 is 0. The van der Waals surface area contributed by atoms with Crippen molar-refractivity contribution < 1.29 is 17.9 Å². The highest BCUT2D eigenvalue weighted by Gasteiger charge is 2.30. The van der Waals surface area contributed by atoms with Crippen LogP contribution in [0, 0.1) is 6.92 Å². The molecule has 0 aliphatic carbocycles. The third-order valence-electron chi connectivity index (χ3n) is 5.63. The van der Waals surface area contributed by atoms with Crippen LogP contribution in [-0.4, -0.2) is 77.1 Å². The highest BCUT2D eigenvalue weighted by molar-refractivity contribution is 7.88. The topological polar surface area (TPSA) is 97.6 Å². The lowest BCUT2D eigenvalue weighted by Gasteiger charge is -2.32. The Balaban J connectivity index is 1.67. The number of morpholine rings is 1. The van der Waals surface area contributed by atoms with Crippen molar-refractivity contribution in [2.45, 2.75) is 32.9 Å². The second-order valence-electron chi connectivity index (χ2n) is 7.62. The zero-order valence-electron chi connectivity index (χ0n) is 16.8. The number of hydrogen-bond acceptors (Lipinski definition) is 6. The minimum Gasteiger partial charge on any atom is -0.377 e. The molecule has 1 saturated heterocycles. The number of carbonyl (C=O) groups excluding carboxylic acids is 1. The fourth-order valence-corrected chi connectivity index (χ4v) is 4.76. The maximum absolute atomic E-state index is 13.0. The first kappa shape index (κ1) is 20.0. The summed E-state index contributed by atoms with van der Waals surface area (Å²) in [7, 11) is -3.24. The lowest BCUT2D eigenvalue weighted by Crippen LogP contribution is -2.47. The summed E-state index contributed by atoms with van der Waals surface area (Å²) in [5.74, 6) is -0.141. The number of ether oxygens (including phenoxy) is 1. The van der Waals surface area contributed by atoms with Crippen LogP contribution in [-0.2, 0) is 27.7 Å². The molecule has 4 rings (SSSR count). The van der Waals surface area contributed by atoms with Gasteiger partial charge in [0.25, 0.3) is 5.91 Å². The van der Waals surface area contributed by atoms with Gasteiger partial charge in [-0.05, 0) is 37.5 Å². The van der Waals surface area contributed by atoms with Gasteiger partial charge in [-0.1, -0.05) is 17.3 Å². The van der Waals surface area contributed by atoms with E-state index in [9.17, 15) is 13.2 Å². The normalized spacial score (nSPS) is 20.5. The molecule has 2 aliphatic heterocycles. The van der Waals surface area contributed by atoms with Gasteiger partial charge in [0.1, 0.15) is 0 Å². The number of rotatable bonds is 3. The summed E-state index contributed by atoms with van der Waals surface area (Å²) in [4.78, 5) is 14.8. The van der Waals surface area contributed by atoms with Crippen LogP contribution in [0.15, 0.2) is 18.2 Å². The Labute approximate surface area is 170 Å². The molecule has 9 nitrogen and oxygen atoms in total. The van der Waals surface area contributed by atoms with Gasteiger partial charge in [-0.3, -0.25) is 4.79 Å². The molecule has 1 atom stereocenters. The Bertz CT molecular complexity index is 1050. The van der Waals surface area contributed by atoms with Crippen molar-refractivity contribution in [2.75, 3.05) is 32.6 Å². The third-order valence-corrected chi connectivity index (χ3v) is 6.88. The summed E-state index contributed by atoms with van der Waals surface area (Å²) in [5, 5.41) is 8.44. The van der Waals surface area contributed by atoms with Gasteiger partial charge in [0, 0.05) is 19.6 Å². The molecule has 0 N–H and O–H groups in total. The average molecular weight is 420 g/mol. The average Bonchev–Trinajstić information content (AvgIpc) is 3.07. The van der Waals surface area contributed by atoms with Crippen LogP contribution >= 0.6 is 0 Å². The van der Waals surface area contributed by atoms with E-state index in [0.29, 0.717) is 50.7 Å². The van der Waals surface area contributed by atoms with Gasteiger partial charge in [-0.15, -0.1) is 5.10 Å². The molecule has 3 heterocycles. The van der Waals surface area contributed by atoms with Crippen molar-refractivity contribution in [3.05, 3.63) is 40.7 Å². The summed E-state index contributed by atoms with van der Waals surface area (Å²) in [6.45, 7) is 6.13. The third kappa shape index (κ3) is 3.67. The van der Waals surface area contributed by atoms with Gasteiger partial charge < -0.3 is 9.64 Å². The van der Waals surface area contributed by atoms with Gasteiger partial charge in [-0.2, -0.15) is 4.31 Å². The molecule has 1 unspecified atom stereocenters. The Morgan fingerprint density at radius 2 is 2.07 bits per heavy atom. The molecule has 2 aliphatic rings. The number of benzene rings is 1. The largest absolute Gasteiger partial charge is 0.377 e. The van der Waals surface area contributed by atoms with Gasteiger partial charge in [0.15, 0.2) is 5.69 Å². The quantitative estimate of drug-likeness (QED) is 0.728. The number of nitrogens with zero attached hydrogens (tertiary/aromatic N) is 5. The Morgan fingerprint density at radius 3 is 2.79 bits per heavy atom. The van der Waals surface area contributed by atoms with E-state index in [4.69, 9.17) is 4.74 Å². The fraction of sp³-hybridized carbons (Fsp3) is 0.526. The van der Waals surface area contributed by atoms with Crippen LogP contribution in [0.4, 0.5) is 0 Å². The monoisotopic (exact) mass is 419 g/mol. The molecule has 1 amide bonds. The summed E-state index contributed by atoms with van der Waals surface area (Å²) in [6.07, 6.45) is 1.82. The highest BCUT2D eigenvalue weighted by atomic mass is 32.2. The SMILES string of the molecule is Cc1c(C(=O)N2CCOCC2C)nnn1-c1cccc2c1CCN(S(C)(=O)=O)C2. The number of amides is 1. The first-order valence-corrected chi connectivity index (χ1v) is 11.5. The van der Waals surface area contributed by atoms with Crippen molar-refractivity contribution in [1.82, 2.24) is 24.2 Å². The molecule has 1 aromatic carbocycles. The zero-order chi connectivity index (χ0) is 20.8. The van der Waals surface area contributed by atoms with E-state index >= 15 is 0 Å². The van der Waals surface area contributed by atoms with Crippen molar-refractivity contribution in [3.63, 3.8) is 0 Å². The van der Waals surface area contributed by atoms with E-state index < -0.39 is 10.0 Å². The van der Waals surface area contributed by atoms with E-state index in [0.717, 1.165) is 16.8 Å². The standard InChI is InChI=1S/C19H25N5O4S/c1-13-12-28-10-9-23(13)19(25)18-14(2)24(21-20-18)17-6-4-5-15-11-22(29(3,26)27)8-7-16(15)17/h4-6,13H,7-12H2,1-3H3. The Morgan fingerprint density at radius 1 is 1.28 bits per heavy atom. The van der Waals surface area contributed by atoms with E-state index in [1.165, 1.54) is 10.6 Å². The first-order chi connectivity index (χ1) is 13.8. The minimum absolute atomic E-state index is 0.00717. The Kier molecular flexibility index (Phi) is 5.18. The number of fused-ring (bicyclic) bond motifs is 1. The first-order valence-electron chi connectivity index (χ1n) is 9.64. The van der Waals surface area contributed by atoms with Crippen molar-refractivity contribution >= 4 is 15.9 Å². The molecule has 1 fully saturated rings. The fourth-order valence-electron chi connectivity index (χ4n) is 3.97. The molecule has 0 radical (unpaired) electrons. The molecule has 0 saturated carbocycles. The zero-order valence-corrected chi connectivity index (χ0v) is 17.6. The van der Waals surface area contributed by atoms with Crippen LogP contribution < -0.4 is 0 Å². The predicted molar refractivity (Wildman–Crippen MR) is 106 cm³/mol. The summed E-state index contributed by atoms with van der Waals surface area (Å²) in [5.41, 5.74) is 3.84. The smallest absolute Gasteiger partial charge is 0.276 e. The van der Waals surface area contributed by atoms with Crippen molar-refractivity contribution in [3.8, 4) is 5.69 Å². The van der Waals surface area contributed by atoms with Gasteiger partial charge >= 0.3 is 0 Å². The number of carbonyl (C=O) groups is 1. The lowest BCUT2D eigenvalue weighted by molar-refractivity contribution is 0.00322. The highest BCUT2D eigenvalue weighted by Crippen LogP contribution is 2.27. The van der Waals surface area contributed by atoms with Gasteiger partial charge in [-0.25, -0.2) is 13.1 Å². The van der Waals surface area contributed by atoms with E-state index in [1.807, 2.05) is 32.0 Å². The molecular weight excluding hydrogens is 394 g/mol. The van der Waals surface area contributed by atoms with E-state index in [1.54, 1.807) is 9.58 Å².